The Morgan fingerprint density at radius 1 is 0.972 bits per heavy atom. The van der Waals surface area contributed by atoms with Crippen LogP contribution in [0.3, 0.4) is 0 Å². The number of hydrogen-bond donors (Lipinski definition) is 1. The molecule has 1 amide bonds. The first-order valence-corrected chi connectivity index (χ1v) is 13.0. The summed E-state index contributed by atoms with van der Waals surface area (Å²) in [5, 5.41) is 3.66. The van der Waals surface area contributed by atoms with E-state index in [1.807, 2.05) is 4.90 Å². The summed E-state index contributed by atoms with van der Waals surface area (Å²) in [6.07, 6.45) is 2.00. The number of anilines is 1. The van der Waals surface area contributed by atoms with Gasteiger partial charge in [-0.25, -0.2) is 0 Å². The van der Waals surface area contributed by atoms with Crippen LogP contribution in [0.5, 0.6) is 0 Å². The maximum Gasteiger partial charge on any atom is 0.418 e. The Morgan fingerprint density at radius 3 is 2.25 bits per heavy atom. The molecule has 2 bridgehead atoms. The number of hydrogen-bond acceptors (Lipinski definition) is 4. The lowest BCUT2D eigenvalue weighted by Gasteiger charge is -2.38. The number of methoxy groups -OCH3 is 1. The lowest BCUT2D eigenvalue weighted by atomic mass is 9.87. The van der Waals surface area contributed by atoms with E-state index >= 15 is 0 Å². The van der Waals surface area contributed by atoms with Gasteiger partial charge in [-0.15, -0.1) is 0 Å². The number of carbonyl (C=O) groups is 2. The van der Waals surface area contributed by atoms with Crippen LogP contribution >= 0.6 is 0 Å². The molecule has 194 valence electrons. The SMILES string of the molecule is COC(=O)C1CC2CCC(C1)N2C(=O)c1ccc2c(C(F)(F)F)c(N[C@H]3CC[C@@H](C)CC3)ccc2c1. The van der Waals surface area contributed by atoms with Gasteiger partial charge in [0.05, 0.1) is 18.6 Å². The summed E-state index contributed by atoms with van der Waals surface area (Å²) in [7, 11) is 1.38. The molecule has 1 N–H and O–H groups in total. The summed E-state index contributed by atoms with van der Waals surface area (Å²) in [6, 6.07) is 7.63. The van der Waals surface area contributed by atoms with Crippen molar-refractivity contribution in [2.45, 2.75) is 82.6 Å². The molecule has 2 aromatic carbocycles. The van der Waals surface area contributed by atoms with Crippen molar-refractivity contribution in [2.24, 2.45) is 11.8 Å². The first-order valence-electron chi connectivity index (χ1n) is 13.0. The molecule has 0 spiro atoms. The number of esters is 1. The zero-order chi connectivity index (χ0) is 25.6. The Morgan fingerprint density at radius 2 is 1.64 bits per heavy atom. The van der Waals surface area contributed by atoms with E-state index in [2.05, 4.69) is 12.2 Å². The third-order valence-electron chi connectivity index (χ3n) is 8.43. The number of benzene rings is 2. The van der Waals surface area contributed by atoms with Crippen LogP contribution < -0.4 is 5.32 Å². The van der Waals surface area contributed by atoms with Crippen LogP contribution in [0, 0.1) is 11.8 Å². The molecule has 5 nitrogen and oxygen atoms in total. The minimum Gasteiger partial charge on any atom is -0.469 e. The number of nitrogens with one attached hydrogen (secondary N) is 1. The Kier molecular flexibility index (Phi) is 6.64. The number of fused-ring (bicyclic) bond motifs is 3. The highest BCUT2D eigenvalue weighted by Crippen LogP contribution is 2.43. The first-order chi connectivity index (χ1) is 17.2. The highest BCUT2D eigenvalue weighted by atomic mass is 19.4. The lowest BCUT2D eigenvalue weighted by molar-refractivity contribution is -0.147. The van der Waals surface area contributed by atoms with E-state index in [-0.39, 0.29) is 47.0 Å². The van der Waals surface area contributed by atoms with Crippen molar-refractivity contribution in [3.05, 3.63) is 41.5 Å². The molecule has 3 fully saturated rings. The number of piperidine rings is 1. The lowest BCUT2D eigenvalue weighted by Crippen LogP contribution is -2.48. The number of ether oxygens (including phenoxy) is 1. The average molecular weight is 503 g/mol. The largest absolute Gasteiger partial charge is 0.469 e. The van der Waals surface area contributed by atoms with E-state index in [1.54, 1.807) is 12.1 Å². The summed E-state index contributed by atoms with van der Waals surface area (Å²) in [4.78, 5) is 27.3. The van der Waals surface area contributed by atoms with Crippen molar-refractivity contribution < 1.29 is 27.5 Å². The van der Waals surface area contributed by atoms with Crippen molar-refractivity contribution in [3.8, 4) is 0 Å². The van der Waals surface area contributed by atoms with Crippen molar-refractivity contribution in [1.82, 2.24) is 4.90 Å². The highest BCUT2D eigenvalue weighted by Gasteiger charge is 2.45. The molecule has 2 saturated heterocycles. The molecule has 2 atom stereocenters. The van der Waals surface area contributed by atoms with Crippen molar-refractivity contribution in [1.29, 1.82) is 0 Å². The van der Waals surface area contributed by atoms with Gasteiger partial charge in [0.25, 0.3) is 5.91 Å². The number of carbonyl (C=O) groups excluding carboxylic acids is 2. The fraction of sp³-hybridized carbons (Fsp3) is 0.571. The average Bonchev–Trinajstić information content (AvgIpc) is 3.12. The predicted molar refractivity (Wildman–Crippen MR) is 132 cm³/mol. The Balaban J connectivity index is 1.42. The zero-order valence-electron chi connectivity index (χ0n) is 20.7. The number of nitrogens with zero attached hydrogens (tertiary/aromatic N) is 1. The first kappa shape index (κ1) is 24.9. The molecule has 0 radical (unpaired) electrons. The van der Waals surface area contributed by atoms with Crippen LogP contribution in [0.15, 0.2) is 30.3 Å². The summed E-state index contributed by atoms with van der Waals surface area (Å²) in [6.45, 7) is 2.18. The van der Waals surface area contributed by atoms with Crippen molar-refractivity contribution in [3.63, 3.8) is 0 Å². The zero-order valence-corrected chi connectivity index (χ0v) is 20.7. The smallest absolute Gasteiger partial charge is 0.418 e. The fourth-order valence-corrected chi connectivity index (χ4v) is 6.53. The summed E-state index contributed by atoms with van der Waals surface area (Å²) in [5.74, 6) is -0.0173. The van der Waals surface area contributed by atoms with Crippen molar-refractivity contribution in [2.75, 3.05) is 12.4 Å². The third kappa shape index (κ3) is 4.66. The quantitative estimate of drug-likeness (QED) is 0.491. The van der Waals surface area contributed by atoms with E-state index in [0.717, 1.165) is 38.5 Å². The minimum absolute atomic E-state index is 0.0315. The molecule has 8 heteroatoms. The van der Waals surface area contributed by atoms with Gasteiger partial charge in [-0.05, 0) is 86.3 Å². The van der Waals surface area contributed by atoms with Gasteiger partial charge < -0.3 is 15.0 Å². The fourth-order valence-electron chi connectivity index (χ4n) is 6.53. The van der Waals surface area contributed by atoms with Gasteiger partial charge in [0, 0.05) is 29.4 Å². The predicted octanol–water partition coefficient (Wildman–Crippen LogP) is 6.41. The molecule has 0 aromatic heterocycles. The second kappa shape index (κ2) is 9.60. The van der Waals surface area contributed by atoms with Crippen LogP contribution in [-0.4, -0.2) is 42.0 Å². The third-order valence-corrected chi connectivity index (χ3v) is 8.43. The number of halogens is 3. The second-order valence-electron chi connectivity index (χ2n) is 10.8. The monoisotopic (exact) mass is 502 g/mol. The Labute approximate surface area is 209 Å². The molecule has 3 aliphatic rings. The summed E-state index contributed by atoms with van der Waals surface area (Å²) in [5.41, 5.74) is -0.181. The van der Waals surface area contributed by atoms with Gasteiger partial charge in [0.1, 0.15) is 0 Å². The van der Waals surface area contributed by atoms with Crippen molar-refractivity contribution >= 4 is 28.3 Å². The van der Waals surface area contributed by atoms with Gasteiger partial charge >= 0.3 is 12.1 Å². The van der Waals surface area contributed by atoms with Crippen LogP contribution in [0.25, 0.3) is 10.8 Å². The van der Waals surface area contributed by atoms with E-state index in [9.17, 15) is 22.8 Å². The Bertz CT molecular complexity index is 1140. The molecule has 2 unspecified atom stereocenters. The molecule has 2 aromatic rings. The van der Waals surface area contributed by atoms with Crippen LogP contribution in [0.1, 0.15) is 74.2 Å². The maximum absolute atomic E-state index is 14.2. The second-order valence-corrected chi connectivity index (χ2v) is 10.8. The van der Waals surface area contributed by atoms with Gasteiger partial charge in [0.15, 0.2) is 0 Å². The number of rotatable bonds is 4. The van der Waals surface area contributed by atoms with E-state index in [0.29, 0.717) is 29.7 Å². The summed E-state index contributed by atoms with van der Waals surface area (Å²) >= 11 is 0. The van der Waals surface area contributed by atoms with Crippen LogP contribution in [0.2, 0.25) is 0 Å². The van der Waals surface area contributed by atoms with Crippen LogP contribution in [-0.2, 0) is 15.7 Å². The molecule has 5 rings (SSSR count). The molecule has 2 aliphatic heterocycles. The minimum atomic E-state index is -4.52. The van der Waals surface area contributed by atoms with E-state index in [1.165, 1.54) is 25.3 Å². The highest BCUT2D eigenvalue weighted by molar-refractivity contribution is 6.01. The maximum atomic E-state index is 14.2. The standard InChI is InChI=1S/C28H33F3N2O3/c1-16-3-7-20(8-4-16)32-24-12-6-17-13-18(5-11-23(17)25(24)28(29,30)31)26(34)33-21-9-10-22(33)15-19(14-21)27(35)36-2/h5-6,11-13,16,19-22,32H,3-4,7-10,14-15H2,1-2H3/t16-,19?,20+,21?,22?. The van der Waals surface area contributed by atoms with Gasteiger partial charge in [0.2, 0.25) is 0 Å². The molecule has 1 saturated carbocycles. The molecule has 36 heavy (non-hydrogen) atoms. The van der Waals surface area contributed by atoms with Gasteiger partial charge in [-0.1, -0.05) is 19.1 Å². The molecular formula is C28H33F3N2O3. The van der Waals surface area contributed by atoms with Gasteiger partial charge in [-0.2, -0.15) is 13.2 Å². The van der Waals surface area contributed by atoms with Crippen LogP contribution in [0.4, 0.5) is 18.9 Å². The topological polar surface area (TPSA) is 58.6 Å². The van der Waals surface area contributed by atoms with E-state index in [4.69, 9.17) is 4.74 Å². The molecular weight excluding hydrogens is 469 g/mol. The molecule has 1 aliphatic carbocycles. The van der Waals surface area contributed by atoms with Gasteiger partial charge in [-0.3, -0.25) is 9.59 Å². The summed E-state index contributed by atoms with van der Waals surface area (Å²) < 4.78 is 47.6. The molecule has 2 heterocycles. The Hall–Kier alpha value is -2.77. The normalized spacial score (nSPS) is 28.2. The number of amides is 1. The van der Waals surface area contributed by atoms with E-state index < -0.39 is 11.7 Å². The number of alkyl halides is 3.